The van der Waals surface area contributed by atoms with Gasteiger partial charge in [0.15, 0.2) is 10.8 Å². The molecule has 3 aromatic heterocycles. The van der Waals surface area contributed by atoms with E-state index >= 15 is 0 Å². The average Bonchev–Trinajstić information content (AvgIpc) is 3.06. The van der Waals surface area contributed by atoms with Gasteiger partial charge in [-0.05, 0) is 12.1 Å². The van der Waals surface area contributed by atoms with Gasteiger partial charge in [0.1, 0.15) is 5.69 Å². The molecule has 4 rings (SSSR count). The van der Waals surface area contributed by atoms with Crippen molar-refractivity contribution in [2.45, 2.75) is 13.3 Å². The molecule has 0 amide bonds. The first-order valence-electron chi connectivity index (χ1n) is 6.42. The summed E-state index contributed by atoms with van der Waals surface area (Å²) in [4.78, 5) is 5.47. The molecular formula is C14H11N5S. The summed E-state index contributed by atoms with van der Waals surface area (Å²) in [7, 11) is 0. The van der Waals surface area contributed by atoms with E-state index in [0.717, 1.165) is 38.8 Å². The standard InChI is InChI=1S/C14H11N5S/c1-2-12-16-17-14-19(12)18-13(20-14)11-8-7-9-5-3-4-6-10(9)15-11/h3-8H,2H2,1H3. The van der Waals surface area contributed by atoms with E-state index in [1.807, 2.05) is 31.2 Å². The Morgan fingerprint density at radius 2 is 2.00 bits per heavy atom. The number of para-hydroxylation sites is 1. The lowest BCUT2D eigenvalue weighted by atomic mass is 10.2. The van der Waals surface area contributed by atoms with Gasteiger partial charge >= 0.3 is 0 Å². The van der Waals surface area contributed by atoms with Crippen LogP contribution in [0.3, 0.4) is 0 Å². The first-order chi connectivity index (χ1) is 9.85. The van der Waals surface area contributed by atoms with Crippen LogP contribution in [0.15, 0.2) is 36.4 Å². The summed E-state index contributed by atoms with van der Waals surface area (Å²) in [6.07, 6.45) is 0.815. The number of aryl methyl sites for hydroxylation is 1. The van der Waals surface area contributed by atoms with Crippen molar-refractivity contribution in [3.63, 3.8) is 0 Å². The van der Waals surface area contributed by atoms with E-state index in [9.17, 15) is 0 Å². The first-order valence-corrected chi connectivity index (χ1v) is 7.24. The van der Waals surface area contributed by atoms with Gasteiger partial charge < -0.3 is 0 Å². The summed E-state index contributed by atoms with van der Waals surface area (Å²) in [5, 5.41) is 14.8. The average molecular weight is 281 g/mol. The molecule has 0 unspecified atom stereocenters. The minimum atomic E-state index is 0.812. The molecule has 0 atom stereocenters. The molecular weight excluding hydrogens is 270 g/mol. The van der Waals surface area contributed by atoms with Crippen LogP contribution < -0.4 is 0 Å². The number of pyridine rings is 1. The molecule has 0 aliphatic carbocycles. The highest BCUT2D eigenvalue weighted by molar-refractivity contribution is 7.19. The summed E-state index contributed by atoms with van der Waals surface area (Å²) in [5.41, 5.74) is 1.85. The normalized spacial score (nSPS) is 11.4. The molecule has 1 aromatic carbocycles. The lowest BCUT2D eigenvalue weighted by molar-refractivity contribution is 0.837. The second kappa shape index (κ2) is 4.35. The highest BCUT2D eigenvalue weighted by Crippen LogP contribution is 2.25. The molecule has 98 valence electrons. The molecule has 6 heteroatoms. The number of benzene rings is 1. The molecule has 0 aliphatic rings. The van der Waals surface area contributed by atoms with Gasteiger partial charge in [-0.25, -0.2) is 4.98 Å². The predicted molar refractivity (Wildman–Crippen MR) is 78.8 cm³/mol. The molecule has 0 saturated carbocycles. The van der Waals surface area contributed by atoms with Crippen molar-refractivity contribution >= 4 is 27.2 Å². The molecule has 0 radical (unpaired) electrons. The number of hydrogen-bond donors (Lipinski definition) is 0. The van der Waals surface area contributed by atoms with Gasteiger partial charge in [-0.3, -0.25) is 0 Å². The van der Waals surface area contributed by atoms with Crippen LogP contribution in [0.5, 0.6) is 0 Å². The van der Waals surface area contributed by atoms with Gasteiger partial charge in [-0.15, -0.1) is 10.2 Å². The van der Waals surface area contributed by atoms with Crippen molar-refractivity contribution in [1.29, 1.82) is 0 Å². The van der Waals surface area contributed by atoms with Crippen LogP contribution in [0.2, 0.25) is 0 Å². The summed E-state index contributed by atoms with van der Waals surface area (Å²) in [5.74, 6) is 0.878. The topological polar surface area (TPSA) is 56.0 Å². The van der Waals surface area contributed by atoms with E-state index in [0.29, 0.717) is 0 Å². The fourth-order valence-corrected chi connectivity index (χ4v) is 2.99. The van der Waals surface area contributed by atoms with Gasteiger partial charge in [0.05, 0.1) is 5.52 Å². The van der Waals surface area contributed by atoms with Gasteiger partial charge in [0, 0.05) is 11.8 Å². The zero-order chi connectivity index (χ0) is 13.5. The quantitative estimate of drug-likeness (QED) is 0.567. The van der Waals surface area contributed by atoms with E-state index in [1.165, 1.54) is 11.3 Å². The Hall–Kier alpha value is -2.34. The minimum absolute atomic E-state index is 0.812. The largest absolute Gasteiger partial charge is 0.245 e. The number of nitrogens with zero attached hydrogens (tertiary/aromatic N) is 5. The van der Waals surface area contributed by atoms with E-state index in [2.05, 4.69) is 32.4 Å². The summed E-state index contributed by atoms with van der Waals surface area (Å²) < 4.78 is 1.80. The lowest BCUT2D eigenvalue weighted by Gasteiger charge is -1.99. The van der Waals surface area contributed by atoms with Gasteiger partial charge in [-0.1, -0.05) is 42.5 Å². The molecule has 0 saturated heterocycles. The van der Waals surface area contributed by atoms with Crippen LogP contribution in [0.4, 0.5) is 0 Å². The molecule has 4 aromatic rings. The van der Waals surface area contributed by atoms with Crippen LogP contribution in [-0.2, 0) is 6.42 Å². The highest BCUT2D eigenvalue weighted by Gasteiger charge is 2.12. The van der Waals surface area contributed by atoms with E-state index in [4.69, 9.17) is 0 Å². The second-order valence-electron chi connectivity index (χ2n) is 4.46. The van der Waals surface area contributed by atoms with Gasteiger partial charge in [0.2, 0.25) is 4.96 Å². The predicted octanol–water partition coefficient (Wildman–Crippen LogP) is 2.96. The zero-order valence-corrected chi connectivity index (χ0v) is 11.6. The van der Waals surface area contributed by atoms with Gasteiger partial charge in [0.25, 0.3) is 0 Å². The fourth-order valence-electron chi connectivity index (χ4n) is 2.17. The Morgan fingerprint density at radius 3 is 2.90 bits per heavy atom. The molecule has 0 aliphatic heterocycles. The van der Waals surface area contributed by atoms with Gasteiger partial charge in [-0.2, -0.15) is 9.61 Å². The molecule has 0 spiro atoms. The smallest absolute Gasteiger partial charge is 0.235 e. The zero-order valence-electron chi connectivity index (χ0n) is 10.8. The Labute approximate surface area is 118 Å². The van der Waals surface area contributed by atoms with Crippen LogP contribution in [0, 0.1) is 0 Å². The van der Waals surface area contributed by atoms with Crippen LogP contribution in [0.1, 0.15) is 12.7 Å². The van der Waals surface area contributed by atoms with Crippen molar-refractivity contribution < 1.29 is 0 Å². The van der Waals surface area contributed by atoms with E-state index in [1.54, 1.807) is 4.52 Å². The third-order valence-corrected chi connectivity index (χ3v) is 4.11. The highest BCUT2D eigenvalue weighted by atomic mass is 32.1. The summed E-state index contributed by atoms with van der Waals surface area (Å²) in [6, 6.07) is 12.1. The number of aromatic nitrogens is 5. The van der Waals surface area contributed by atoms with Crippen LogP contribution >= 0.6 is 11.3 Å². The second-order valence-corrected chi connectivity index (χ2v) is 5.42. The SMILES string of the molecule is CCc1nnc2sc(-c3ccc4ccccc4n3)nn12. The van der Waals surface area contributed by atoms with Crippen molar-refractivity contribution in [1.82, 2.24) is 24.8 Å². The fraction of sp³-hybridized carbons (Fsp3) is 0.143. The summed E-state index contributed by atoms with van der Waals surface area (Å²) >= 11 is 1.51. The Balaban J connectivity index is 1.89. The van der Waals surface area contributed by atoms with Crippen molar-refractivity contribution in [2.75, 3.05) is 0 Å². The van der Waals surface area contributed by atoms with Crippen LogP contribution in [0.25, 0.3) is 26.6 Å². The van der Waals surface area contributed by atoms with Crippen molar-refractivity contribution in [2.24, 2.45) is 0 Å². The Bertz CT molecular complexity index is 908. The first kappa shape index (κ1) is 11.5. The lowest BCUT2D eigenvalue weighted by Crippen LogP contribution is -1.94. The molecule has 0 bridgehead atoms. The number of fused-ring (bicyclic) bond motifs is 2. The van der Waals surface area contributed by atoms with E-state index in [-0.39, 0.29) is 0 Å². The minimum Gasteiger partial charge on any atom is -0.245 e. The van der Waals surface area contributed by atoms with Crippen molar-refractivity contribution in [3.05, 3.63) is 42.2 Å². The molecule has 5 nitrogen and oxygen atoms in total. The Kier molecular flexibility index (Phi) is 2.50. The monoisotopic (exact) mass is 281 g/mol. The third-order valence-electron chi connectivity index (χ3n) is 3.19. The maximum absolute atomic E-state index is 4.66. The van der Waals surface area contributed by atoms with Crippen molar-refractivity contribution in [3.8, 4) is 10.7 Å². The molecule has 3 heterocycles. The maximum Gasteiger partial charge on any atom is 0.235 e. The maximum atomic E-state index is 4.66. The van der Waals surface area contributed by atoms with E-state index < -0.39 is 0 Å². The molecule has 0 fully saturated rings. The molecule has 20 heavy (non-hydrogen) atoms. The van der Waals surface area contributed by atoms with Crippen LogP contribution in [-0.4, -0.2) is 24.8 Å². The number of rotatable bonds is 2. The molecule has 0 N–H and O–H groups in total. The summed E-state index contributed by atoms with van der Waals surface area (Å²) in [6.45, 7) is 2.05. The number of hydrogen-bond acceptors (Lipinski definition) is 5. The third kappa shape index (κ3) is 1.69. The Morgan fingerprint density at radius 1 is 1.10 bits per heavy atom.